The monoisotopic (exact) mass is 384 g/mol. The van der Waals surface area contributed by atoms with Gasteiger partial charge < -0.3 is 24.8 Å². The van der Waals surface area contributed by atoms with Gasteiger partial charge in [-0.15, -0.1) is 0 Å². The van der Waals surface area contributed by atoms with Crippen molar-refractivity contribution in [2.24, 2.45) is 0 Å². The molecule has 28 heavy (non-hydrogen) atoms. The number of hydrogen-bond donors (Lipinski definition) is 2. The van der Waals surface area contributed by atoms with Crippen LogP contribution >= 0.6 is 0 Å². The van der Waals surface area contributed by atoms with Crippen molar-refractivity contribution < 1.29 is 24.2 Å². The van der Waals surface area contributed by atoms with E-state index < -0.39 is 5.97 Å². The maximum atomic E-state index is 12.2. The second-order valence-corrected chi connectivity index (χ2v) is 6.70. The van der Waals surface area contributed by atoms with Crippen molar-refractivity contribution >= 4 is 17.6 Å². The number of carboxylic acid groups (broad SMARTS) is 1. The third kappa shape index (κ3) is 4.68. The molecule has 1 saturated heterocycles. The summed E-state index contributed by atoms with van der Waals surface area (Å²) in [4.78, 5) is 24.9. The molecule has 7 heteroatoms. The minimum absolute atomic E-state index is 0.000565. The van der Waals surface area contributed by atoms with Gasteiger partial charge in [-0.3, -0.25) is 4.79 Å². The number of rotatable bonds is 7. The summed E-state index contributed by atoms with van der Waals surface area (Å²) in [5, 5.41) is 12.4. The number of ether oxygens (including phenoxy) is 2. The Labute approximate surface area is 163 Å². The van der Waals surface area contributed by atoms with Gasteiger partial charge in [0.2, 0.25) is 0 Å². The number of carbonyl (C=O) groups is 2. The van der Waals surface area contributed by atoms with Crippen LogP contribution in [0.25, 0.3) is 0 Å². The zero-order valence-corrected chi connectivity index (χ0v) is 15.9. The first-order chi connectivity index (χ1) is 13.5. The third-order valence-electron chi connectivity index (χ3n) is 4.80. The zero-order chi connectivity index (χ0) is 20.1. The van der Waals surface area contributed by atoms with E-state index in [0.717, 1.165) is 11.3 Å². The highest BCUT2D eigenvalue weighted by molar-refractivity contribution is 5.95. The van der Waals surface area contributed by atoms with Gasteiger partial charge in [0.05, 0.1) is 25.3 Å². The van der Waals surface area contributed by atoms with E-state index in [1.165, 1.54) is 12.1 Å². The summed E-state index contributed by atoms with van der Waals surface area (Å²) < 4.78 is 10.9. The SMILES string of the molecule is COc1cccc([C@@H](C)NCC2CN(c3ccc(C(=O)O)cc3)C(=O)CO2)c1. The summed E-state index contributed by atoms with van der Waals surface area (Å²) in [5.74, 6) is -0.324. The van der Waals surface area contributed by atoms with Crippen LogP contribution in [0.4, 0.5) is 5.69 Å². The zero-order valence-electron chi connectivity index (χ0n) is 15.9. The number of nitrogens with one attached hydrogen (secondary N) is 1. The first-order valence-electron chi connectivity index (χ1n) is 9.10. The van der Waals surface area contributed by atoms with E-state index in [0.29, 0.717) is 18.8 Å². The third-order valence-corrected chi connectivity index (χ3v) is 4.80. The minimum atomic E-state index is -0.992. The van der Waals surface area contributed by atoms with E-state index in [9.17, 15) is 9.59 Å². The Morgan fingerprint density at radius 1 is 1.32 bits per heavy atom. The van der Waals surface area contributed by atoms with Crippen LogP contribution in [-0.2, 0) is 9.53 Å². The van der Waals surface area contributed by atoms with Crippen LogP contribution in [0.15, 0.2) is 48.5 Å². The molecule has 1 unspecified atom stereocenters. The number of hydrogen-bond acceptors (Lipinski definition) is 5. The lowest BCUT2D eigenvalue weighted by Crippen LogP contribution is -2.50. The van der Waals surface area contributed by atoms with Crippen LogP contribution in [0, 0.1) is 0 Å². The molecule has 0 aromatic heterocycles. The molecule has 1 heterocycles. The lowest BCUT2D eigenvalue weighted by atomic mass is 10.1. The van der Waals surface area contributed by atoms with Gasteiger partial charge in [-0.1, -0.05) is 12.1 Å². The first-order valence-corrected chi connectivity index (χ1v) is 9.10. The van der Waals surface area contributed by atoms with Gasteiger partial charge in [-0.25, -0.2) is 4.79 Å². The number of morpholine rings is 1. The Kier molecular flexibility index (Phi) is 6.28. The maximum Gasteiger partial charge on any atom is 0.335 e. The van der Waals surface area contributed by atoms with Crippen molar-refractivity contribution in [1.29, 1.82) is 0 Å². The molecule has 0 spiro atoms. The van der Waals surface area contributed by atoms with E-state index in [2.05, 4.69) is 12.2 Å². The smallest absolute Gasteiger partial charge is 0.335 e. The largest absolute Gasteiger partial charge is 0.497 e. The summed E-state index contributed by atoms with van der Waals surface area (Å²) >= 11 is 0. The summed E-state index contributed by atoms with van der Waals surface area (Å²) in [7, 11) is 1.64. The van der Waals surface area contributed by atoms with Crippen molar-refractivity contribution in [3.8, 4) is 5.75 Å². The number of benzene rings is 2. The molecular weight excluding hydrogens is 360 g/mol. The average molecular weight is 384 g/mol. The number of carbonyl (C=O) groups excluding carboxylic acids is 1. The van der Waals surface area contributed by atoms with Crippen molar-refractivity contribution in [2.45, 2.75) is 19.1 Å². The first kappa shape index (κ1) is 19.9. The van der Waals surface area contributed by atoms with E-state index in [1.54, 1.807) is 24.1 Å². The molecule has 1 fully saturated rings. The fourth-order valence-corrected chi connectivity index (χ4v) is 3.12. The molecule has 0 bridgehead atoms. The molecule has 0 aliphatic carbocycles. The highest BCUT2D eigenvalue weighted by Crippen LogP contribution is 2.21. The van der Waals surface area contributed by atoms with Gasteiger partial charge in [-0.05, 0) is 48.9 Å². The fourth-order valence-electron chi connectivity index (χ4n) is 3.12. The van der Waals surface area contributed by atoms with E-state index in [1.807, 2.05) is 24.3 Å². The highest BCUT2D eigenvalue weighted by atomic mass is 16.5. The van der Waals surface area contributed by atoms with Crippen LogP contribution in [0.3, 0.4) is 0 Å². The molecule has 1 amide bonds. The Morgan fingerprint density at radius 3 is 2.75 bits per heavy atom. The maximum absolute atomic E-state index is 12.2. The Morgan fingerprint density at radius 2 is 2.07 bits per heavy atom. The number of amides is 1. The van der Waals surface area contributed by atoms with Crippen molar-refractivity contribution in [3.05, 3.63) is 59.7 Å². The van der Waals surface area contributed by atoms with Crippen LogP contribution in [0.2, 0.25) is 0 Å². The van der Waals surface area contributed by atoms with E-state index in [-0.39, 0.29) is 30.2 Å². The summed E-state index contributed by atoms with van der Waals surface area (Å²) in [6.45, 7) is 3.05. The number of methoxy groups -OCH3 is 1. The van der Waals surface area contributed by atoms with Crippen molar-refractivity contribution in [2.75, 3.05) is 31.7 Å². The average Bonchev–Trinajstić information content (AvgIpc) is 2.73. The summed E-state index contributed by atoms with van der Waals surface area (Å²) in [6.07, 6.45) is -0.162. The number of nitrogens with zero attached hydrogens (tertiary/aromatic N) is 1. The second-order valence-electron chi connectivity index (χ2n) is 6.70. The van der Waals surface area contributed by atoms with Crippen LogP contribution in [-0.4, -0.2) is 49.9 Å². The van der Waals surface area contributed by atoms with Gasteiger partial charge in [0.15, 0.2) is 0 Å². The molecule has 1 aliphatic heterocycles. The lowest BCUT2D eigenvalue weighted by molar-refractivity contribution is -0.129. The summed E-state index contributed by atoms with van der Waals surface area (Å²) in [6, 6.07) is 14.3. The van der Waals surface area contributed by atoms with Crippen molar-refractivity contribution in [3.63, 3.8) is 0 Å². The molecule has 7 nitrogen and oxygen atoms in total. The van der Waals surface area contributed by atoms with E-state index >= 15 is 0 Å². The fraction of sp³-hybridized carbons (Fsp3) is 0.333. The molecule has 2 aromatic rings. The molecule has 1 aliphatic rings. The molecule has 2 aromatic carbocycles. The quantitative estimate of drug-likeness (QED) is 0.763. The van der Waals surface area contributed by atoms with Gasteiger partial charge in [0, 0.05) is 18.3 Å². The second kappa shape index (κ2) is 8.86. The van der Waals surface area contributed by atoms with Gasteiger partial charge in [-0.2, -0.15) is 0 Å². The molecule has 0 radical (unpaired) electrons. The van der Waals surface area contributed by atoms with Crippen LogP contribution < -0.4 is 15.0 Å². The Hall–Kier alpha value is -2.90. The van der Waals surface area contributed by atoms with Crippen molar-refractivity contribution in [1.82, 2.24) is 5.32 Å². The molecule has 148 valence electrons. The molecule has 3 rings (SSSR count). The molecule has 2 N–H and O–H groups in total. The van der Waals surface area contributed by atoms with Gasteiger partial charge in [0.1, 0.15) is 12.4 Å². The Balaban J connectivity index is 1.60. The number of aromatic carboxylic acids is 1. The van der Waals surface area contributed by atoms with Crippen LogP contribution in [0.1, 0.15) is 28.9 Å². The van der Waals surface area contributed by atoms with Crippen LogP contribution in [0.5, 0.6) is 5.75 Å². The highest BCUT2D eigenvalue weighted by Gasteiger charge is 2.27. The number of carboxylic acids is 1. The Bertz CT molecular complexity index is 837. The lowest BCUT2D eigenvalue weighted by Gasteiger charge is -2.33. The normalized spacial score (nSPS) is 18.0. The molecule has 2 atom stereocenters. The summed E-state index contributed by atoms with van der Waals surface area (Å²) in [5.41, 5.74) is 1.96. The molecule has 0 saturated carbocycles. The predicted octanol–water partition coefficient (Wildman–Crippen LogP) is 2.48. The topological polar surface area (TPSA) is 88.1 Å². The van der Waals surface area contributed by atoms with Gasteiger partial charge >= 0.3 is 5.97 Å². The standard InChI is InChI=1S/C21H24N2O5/c1-14(16-4-3-5-18(10-16)27-2)22-11-19-12-23(20(24)13-28-19)17-8-6-15(7-9-17)21(25)26/h3-10,14,19,22H,11-13H2,1-2H3,(H,25,26)/t14-,19?/m1/s1. The molecular formula is C21H24N2O5. The number of anilines is 1. The minimum Gasteiger partial charge on any atom is -0.497 e. The van der Waals surface area contributed by atoms with E-state index in [4.69, 9.17) is 14.6 Å². The predicted molar refractivity (Wildman–Crippen MR) is 105 cm³/mol. The van der Waals surface area contributed by atoms with Gasteiger partial charge in [0.25, 0.3) is 5.91 Å².